The highest BCUT2D eigenvalue weighted by molar-refractivity contribution is 6.05. The molecule has 0 aliphatic carbocycles. The van der Waals surface area contributed by atoms with Gasteiger partial charge in [0.15, 0.2) is 5.65 Å². The van der Waals surface area contributed by atoms with Gasteiger partial charge in [-0.05, 0) is 82.2 Å². The molecule has 4 heterocycles. The molecular weight excluding hydrogens is 926 g/mol. The predicted octanol–water partition coefficient (Wildman–Crippen LogP) is 4.10. The van der Waals surface area contributed by atoms with Crippen molar-refractivity contribution in [3.63, 3.8) is 0 Å². The van der Waals surface area contributed by atoms with E-state index in [1.807, 2.05) is 4.68 Å². The van der Waals surface area contributed by atoms with Crippen molar-refractivity contribution >= 4 is 64.3 Å². The van der Waals surface area contributed by atoms with Crippen molar-refractivity contribution in [1.29, 1.82) is 0 Å². The Bertz CT molecular complexity index is 2420. The number of anilines is 2. The minimum atomic E-state index is -4.82. The summed E-state index contributed by atoms with van der Waals surface area (Å²) >= 11 is 0. The number of nitrogen functional groups attached to an aromatic ring is 1. The summed E-state index contributed by atoms with van der Waals surface area (Å²) < 4.78 is 48.9. The SMILES string of the molecule is COc1cc(-c2nn(C3CCN(C4CCN(C)CC4)CC3)c3ncnc(N)c23)ccc1NC(=O)c1ccc(OC(F)(F)F)cc1.O=C(O)/C=C\C(=O)O.O=C(O)/C=C\C(=O)O.O=C(O)/C=C\C(=O)O. The molecule has 0 radical (unpaired) electrons. The average Bonchev–Trinajstić information content (AvgIpc) is 3.69. The predicted molar refractivity (Wildman–Crippen MR) is 236 cm³/mol. The first kappa shape index (κ1) is 54.9. The number of benzene rings is 2. The van der Waals surface area contributed by atoms with E-state index in [0.717, 1.165) is 51.2 Å². The topological polar surface area (TPSA) is 347 Å². The van der Waals surface area contributed by atoms with Crippen molar-refractivity contribution in [3.05, 3.63) is 90.8 Å². The highest BCUT2D eigenvalue weighted by Gasteiger charge is 2.32. The van der Waals surface area contributed by atoms with Crippen LogP contribution in [0.25, 0.3) is 22.3 Å². The number of methoxy groups -OCH3 is 1. The van der Waals surface area contributed by atoms with Gasteiger partial charge in [0, 0.05) is 66.7 Å². The monoisotopic (exact) mass is 972 g/mol. The lowest BCUT2D eigenvalue weighted by Crippen LogP contribution is -2.47. The lowest BCUT2D eigenvalue weighted by molar-refractivity contribution is -0.274. The van der Waals surface area contributed by atoms with Gasteiger partial charge in [-0.2, -0.15) is 5.10 Å². The number of carbonyl (C=O) groups is 7. The van der Waals surface area contributed by atoms with Crippen LogP contribution in [-0.2, 0) is 28.8 Å². The van der Waals surface area contributed by atoms with Crippen LogP contribution in [0.1, 0.15) is 42.1 Å². The molecule has 0 atom stereocenters. The molecule has 23 nitrogen and oxygen atoms in total. The van der Waals surface area contributed by atoms with Crippen molar-refractivity contribution in [2.75, 3.05) is 51.4 Å². The molecule has 0 saturated carbocycles. The first-order chi connectivity index (χ1) is 32.5. The van der Waals surface area contributed by atoms with Crippen LogP contribution >= 0.6 is 0 Å². The highest BCUT2D eigenvalue weighted by atomic mass is 19.4. The van der Waals surface area contributed by atoms with Gasteiger partial charge in [-0.3, -0.25) is 4.79 Å². The van der Waals surface area contributed by atoms with Crippen molar-refractivity contribution in [2.45, 2.75) is 44.1 Å². The standard InChI is InChI=1S/C31H35F3N8O3.3C4H4O4/c1-40-13-9-21(10-14-40)41-15-11-22(12-16-41)42-29-26(28(35)36-18-37-29)27(39-42)20-5-8-24(25(17-20)44-2)38-30(43)19-3-6-23(7-4-19)45-31(32,33)34;3*5-3(6)1-2-4(7)8/h3-8,17-18,21-22H,9-16H2,1-2H3,(H,38,43)(H2,35,36,37);3*1-2H,(H,5,6)(H,7,8)/b;3*2-1-. The third kappa shape index (κ3) is 18.8. The number of carboxylic acid groups (broad SMARTS) is 6. The van der Waals surface area contributed by atoms with Crippen molar-refractivity contribution in [2.24, 2.45) is 0 Å². The molecule has 0 bridgehead atoms. The molecule has 9 N–H and O–H groups in total. The third-order valence-electron chi connectivity index (χ3n) is 9.75. The Morgan fingerprint density at radius 2 is 1.19 bits per heavy atom. The van der Waals surface area contributed by atoms with Gasteiger partial charge in [0.25, 0.3) is 5.91 Å². The molecule has 4 aromatic rings. The summed E-state index contributed by atoms with van der Waals surface area (Å²) in [6.07, 6.45) is 4.27. The Hall–Kier alpha value is -8.39. The quantitative estimate of drug-likeness (QED) is 0.0874. The number of nitrogens with zero attached hydrogens (tertiary/aromatic N) is 6. The van der Waals surface area contributed by atoms with Crippen LogP contribution in [0.5, 0.6) is 11.5 Å². The number of rotatable bonds is 13. The minimum absolute atomic E-state index is 0.146. The van der Waals surface area contributed by atoms with Crippen molar-refractivity contribution in [1.82, 2.24) is 29.5 Å². The number of nitrogens with one attached hydrogen (secondary N) is 1. The third-order valence-corrected chi connectivity index (χ3v) is 9.75. The number of halogens is 3. The molecular formula is C43H47F3N8O15. The number of alkyl halides is 3. The smallest absolute Gasteiger partial charge is 0.495 e. The molecule has 1 amide bonds. The second-order valence-electron chi connectivity index (χ2n) is 14.5. The second kappa shape index (κ2) is 26.1. The summed E-state index contributed by atoms with van der Waals surface area (Å²) in [5.41, 5.74) is 8.86. The summed E-state index contributed by atoms with van der Waals surface area (Å²) in [7, 11) is 3.66. The molecule has 0 spiro atoms. The lowest BCUT2D eigenvalue weighted by Gasteiger charge is -2.41. The van der Waals surface area contributed by atoms with Crippen LogP contribution in [0.15, 0.2) is 85.2 Å². The van der Waals surface area contributed by atoms with Crippen LogP contribution in [0.4, 0.5) is 24.7 Å². The molecule has 2 aliphatic heterocycles. The molecule has 69 heavy (non-hydrogen) atoms. The number of aromatic nitrogens is 4. The van der Waals surface area contributed by atoms with E-state index in [2.05, 4.69) is 36.9 Å². The number of fused-ring (bicyclic) bond motifs is 1. The number of likely N-dealkylation sites (tertiary alicyclic amines) is 2. The lowest BCUT2D eigenvalue weighted by atomic mass is 9.98. The molecule has 0 unspecified atom stereocenters. The molecule has 26 heteroatoms. The Kier molecular flexibility index (Phi) is 20.8. The minimum Gasteiger partial charge on any atom is -0.495 e. The maximum absolute atomic E-state index is 12.9. The molecule has 2 saturated heterocycles. The van der Waals surface area contributed by atoms with Crippen LogP contribution in [-0.4, -0.2) is 155 Å². The Morgan fingerprint density at radius 1 is 0.710 bits per heavy atom. The Balaban J connectivity index is 0.000000431. The summed E-state index contributed by atoms with van der Waals surface area (Å²) in [5, 5.41) is 55.3. The van der Waals surface area contributed by atoms with Gasteiger partial charge in [-0.15, -0.1) is 13.2 Å². The maximum atomic E-state index is 12.9. The Labute approximate surface area is 389 Å². The van der Waals surface area contributed by atoms with Crippen LogP contribution in [0.2, 0.25) is 0 Å². The van der Waals surface area contributed by atoms with Crippen molar-refractivity contribution < 1.29 is 86.8 Å². The van der Waals surface area contributed by atoms with E-state index >= 15 is 0 Å². The number of piperidine rings is 2. The summed E-state index contributed by atoms with van der Waals surface area (Å²) in [5.74, 6) is -7.81. The van der Waals surface area contributed by atoms with Crippen LogP contribution in [0, 0.1) is 0 Å². The van der Waals surface area contributed by atoms with Gasteiger partial charge in [0.1, 0.15) is 29.3 Å². The maximum Gasteiger partial charge on any atom is 0.573 e. The van der Waals surface area contributed by atoms with Gasteiger partial charge >= 0.3 is 42.2 Å². The van der Waals surface area contributed by atoms with Gasteiger partial charge in [-0.25, -0.2) is 43.4 Å². The van der Waals surface area contributed by atoms with E-state index in [-0.39, 0.29) is 11.6 Å². The number of hydrogen-bond donors (Lipinski definition) is 8. The van der Waals surface area contributed by atoms with Gasteiger partial charge in [0.05, 0.1) is 24.2 Å². The molecule has 6 rings (SSSR count). The van der Waals surface area contributed by atoms with Gasteiger partial charge < -0.3 is 61.0 Å². The zero-order valence-corrected chi connectivity index (χ0v) is 36.6. The number of carbonyl (C=O) groups excluding carboxylic acids is 1. The summed E-state index contributed by atoms with van der Waals surface area (Å²) in [6.45, 7) is 4.26. The zero-order valence-electron chi connectivity index (χ0n) is 36.6. The average molecular weight is 973 g/mol. The zero-order chi connectivity index (χ0) is 51.4. The van der Waals surface area contributed by atoms with E-state index in [1.165, 1.54) is 38.4 Å². The molecule has 2 fully saturated rings. The number of nitrogens with two attached hydrogens (primary N) is 1. The normalized spacial score (nSPS) is 14.7. The fourth-order valence-electron chi connectivity index (χ4n) is 6.68. The van der Waals surface area contributed by atoms with Crippen molar-refractivity contribution in [3.8, 4) is 22.8 Å². The van der Waals surface area contributed by atoms with Crippen LogP contribution in [0.3, 0.4) is 0 Å². The first-order valence-corrected chi connectivity index (χ1v) is 20.2. The highest BCUT2D eigenvalue weighted by Crippen LogP contribution is 2.38. The fourth-order valence-corrected chi connectivity index (χ4v) is 6.68. The number of hydrogen-bond acceptors (Lipinski definition) is 15. The van der Waals surface area contributed by atoms with Crippen LogP contribution < -0.4 is 20.5 Å². The number of carboxylic acids is 6. The largest absolute Gasteiger partial charge is 0.573 e. The summed E-state index contributed by atoms with van der Waals surface area (Å²) in [4.78, 5) is 84.0. The van der Waals surface area contributed by atoms with E-state index in [4.69, 9.17) is 46.2 Å². The molecule has 370 valence electrons. The van der Waals surface area contributed by atoms with E-state index in [0.29, 0.717) is 82.0 Å². The summed E-state index contributed by atoms with van der Waals surface area (Å²) in [6, 6.07) is 10.7. The Morgan fingerprint density at radius 3 is 1.64 bits per heavy atom. The number of aliphatic carboxylic acids is 6. The molecule has 2 aliphatic rings. The second-order valence-corrected chi connectivity index (χ2v) is 14.5. The molecule has 2 aromatic carbocycles. The first-order valence-electron chi connectivity index (χ1n) is 20.2. The van der Waals surface area contributed by atoms with E-state index in [1.54, 1.807) is 18.2 Å². The van der Waals surface area contributed by atoms with E-state index in [9.17, 15) is 46.7 Å². The fraction of sp³-hybridized carbons (Fsp3) is 0.302. The number of ether oxygens (including phenoxy) is 2. The molecule has 2 aromatic heterocycles. The van der Waals surface area contributed by atoms with E-state index < -0.39 is 53.8 Å². The number of amides is 1. The van der Waals surface area contributed by atoms with Gasteiger partial charge in [-0.1, -0.05) is 6.07 Å². The van der Waals surface area contributed by atoms with Gasteiger partial charge in [0.2, 0.25) is 0 Å².